The van der Waals surface area contributed by atoms with E-state index in [2.05, 4.69) is 30.3 Å². The molecule has 2 heteroatoms. The van der Waals surface area contributed by atoms with E-state index in [1.54, 1.807) is 0 Å². The summed E-state index contributed by atoms with van der Waals surface area (Å²) in [6.45, 7) is 0. The van der Waals surface area contributed by atoms with Gasteiger partial charge in [-0.15, -0.1) is 0 Å². The first-order chi connectivity index (χ1) is 11.3. The van der Waals surface area contributed by atoms with Crippen LogP contribution in [0.4, 0.5) is 5.69 Å². The maximum Gasteiger partial charge on any atom is 0.0994 e. The van der Waals surface area contributed by atoms with Crippen molar-refractivity contribution in [2.24, 2.45) is 0 Å². The van der Waals surface area contributed by atoms with E-state index in [1.165, 1.54) is 11.1 Å². The lowest BCUT2D eigenvalue weighted by molar-refractivity contribution is 1.08. The van der Waals surface area contributed by atoms with Crippen LogP contribution < -0.4 is 5.73 Å². The molecule has 0 aliphatic rings. The van der Waals surface area contributed by atoms with E-state index in [0.717, 1.165) is 29.7 Å². The molecule has 0 spiro atoms. The molecule has 112 valence electrons. The predicted molar refractivity (Wildman–Crippen MR) is 94.1 cm³/mol. The summed E-state index contributed by atoms with van der Waals surface area (Å²) in [5.41, 5.74) is 12.2. The van der Waals surface area contributed by atoms with Gasteiger partial charge in [-0.05, 0) is 47.2 Å². The average molecular weight is 298 g/mol. The lowest BCUT2D eigenvalue weighted by Gasteiger charge is -2.15. The molecule has 3 aromatic carbocycles. The van der Waals surface area contributed by atoms with Crippen molar-refractivity contribution in [3.8, 4) is 6.07 Å². The van der Waals surface area contributed by atoms with Crippen molar-refractivity contribution in [3.05, 3.63) is 101 Å². The van der Waals surface area contributed by atoms with Gasteiger partial charge in [0.15, 0.2) is 0 Å². The van der Waals surface area contributed by atoms with Gasteiger partial charge in [-0.1, -0.05) is 60.7 Å². The number of nitrogen functional groups attached to an aromatic ring is 1. The van der Waals surface area contributed by atoms with Gasteiger partial charge in [-0.2, -0.15) is 5.26 Å². The topological polar surface area (TPSA) is 49.8 Å². The van der Waals surface area contributed by atoms with Crippen LogP contribution in [0.2, 0.25) is 0 Å². The third kappa shape index (κ3) is 3.41. The number of rotatable bonds is 4. The van der Waals surface area contributed by atoms with Crippen molar-refractivity contribution in [1.29, 1.82) is 5.26 Å². The van der Waals surface area contributed by atoms with E-state index in [1.807, 2.05) is 48.5 Å². The Morgan fingerprint density at radius 1 is 0.696 bits per heavy atom. The van der Waals surface area contributed by atoms with Gasteiger partial charge >= 0.3 is 0 Å². The minimum absolute atomic E-state index is 0.703. The molecule has 0 saturated heterocycles. The molecule has 0 atom stereocenters. The monoisotopic (exact) mass is 298 g/mol. The van der Waals surface area contributed by atoms with Crippen LogP contribution in [-0.2, 0) is 12.8 Å². The molecule has 0 aliphatic heterocycles. The first-order valence-corrected chi connectivity index (χ1v) is 7.66. The maximum atomic E-state index is 9.49. The SMILES string of the molecule is N#Cc1ccc(N)c(Cc2ccccc2)c1Cc1ccccc1. The fraction of sp³-hybridized carbons (Fsp3) is 0.0952. The fourth-order valence-corrected chi connectivity index (χ4v) is 2.83. The van der Waals surface area contributed by atoms with E-state index < -0.39 is 0 Å². The summed E-state index contributed by atoms with van der Waals surface area (Å²) in [6.07, 6.45) is 1.46. The quantitative estimate of drug-likeness (QED) is 0.729. The van der Waals surface area contributed by atoms with Gasteiger partial charge in [0.2, 0.25) is 0 Å². The van der Waals surface area contributed by atoms with E-state index in [9.17, 15) is 5.26 Å². The van der Waals surface area contributed by atoms with Crippen molar-refractivity contribution < 1.29 is 0 Å². The van der Waals surface area contributed by atoms with Crippen molar-refractivity contribution >= 4 is 5.69 Å². The molecule has 0 heterocycles. The highest BCUT2D eigenvalue weighted by atomic mass is 14.6. The summed E-state index contributed by atoms with van der Waals surface area (Å²) in [5.74, 6) is 0. The Balaban J connectivity index is 2.05. The zero-order valence-corrected chi connectivity index (χ0v) is 12.9. The zero-order chi connectivity index (χ0) is 16.1. The van der Waals surface area contributed by atoms with Gasteiger partial charge in [0.05, 0.1) is 11.6 Å². The van der Waals surface area contributed by atoms with Crippen molar-refractivity contribution in [1.82, 2.24) is 0 Å². The van der Waals surface area contributed by atoms with Crippen LogP contribution in [0.15, 0.2) is 72.8 Å². The van der Waals surface area contributed by atoms with Gasteiger partial charge in [0, 0.05) is 5.69 Å². The van der Waals surface area contributed by atoms with Gasteiger partial charge in [0.1, 0.15) is 0 Å². The third-order valence-electron chi connectivity index (χ3n) is 4.04. The lowest BCUT2D eigenvalue weighted by Crippen LogP contribution is -2.05. The number of nitriles is 1. The first kappa shape index (κ1) is 14.9. The highest BCUT2D eigenvalue weighted by Gasteiger charge is 2.13. The lowest BCUT2D eigenvalue weighted by atomic mass is 9.90. The molecule has 0 fully saturated rings. The fourth-order valence-electron chi connectivity index (χ4n) is 2.83. The number of anilines is 1. The van der Waals surface area contributed by atoms with E-state index >= 15 is 0 Å². The Morgan fingerprint density at radius 3 is 1.74 bits per heavy atom. The smallest absolute Gasteiger partial charge is 0.0994 e. The van der Waals surface area contributed by atoms with Crippen LogP contribution in [0.1, 0.15) is 27.8 Å². The molecule has 0 bridgehead atoms. The number of hydrogen-bond donors (Lipinski definition) is 1. The summed E-state index contributed by atoms with van der Waals surface area (Å²) in [7, 11) is 0. The van der Waals surface area contributed by atoms with Gasteiger partial charge in [0.25, 0.3) is 0 Å². The second-order valence-corrected chi connectivity index (χ2v) is 5.60. The van der Waals surface area contributed by atoms with Gasteiger partial charge in [-0.25, -0.2) is 0 Å². The Labute approximate surface area is 136 Å². The number of nitrogens with zero attached hydrogens (tertiary/aromatic N) is 1. The van der Waals surface area contributed by atoms with Crippen molar-refractivity contribution in [2.75, 3.05) is 5.73 Å². The highest BCUT2D eigenvalue weighted by molar-refractivity contribution is 5.59. The summed E-state index contributed by atoms with van der Waals surface area (Å²) in [4.78, 5) is 0. The molecule has 0 unspecified atom stereocenters. The largest absolute Gasteiger partial charge is 0.398 e. The van der Waals surface area contributed by atoms with Gasteiger partial charge in [-0.3, -0.25) is 0 Å². The third-order valence-corrected chi connectivity index (χ3v) is 4.04. The molecule has 0 radical (unpaired) electrons. The molecule has 0 amide bonds. The minimum Gasteiger partial charge on any atom is -0.398 e. The maximum absolute atomic E-state index is 9.49. The second kappa shape index (κ2) is 6.81. The number of hydrogen-bond acceptors (Lipinski definition) is 2. The average Bonchev–Trinajstić information content (AvgIpc) is 2.60. The second-order valence-electron chi connectivity index (χ2n) is 5.60. The molecule has 23 heavy (non-hydrogen) atoms. The van der Waals surface area contributed by atoms with Crippen molar-refractivity contribution in [2.45, 2.75) is 12.8 Å². The molecule has 0 aliphatic carbocycles. The van der Waals surface area contributed by atoms with E-state index in [0.29, 0.717) is 5.56 Å². The first-order valence-electron chi connectivity index (χ1n) is 7.66. The van der Waals surface area contributed by atoms with Gasteiger partial charge < -0.3 is 5.73 Å². The van der Waals surface area contributed by atoms with E-state index in [-0.39, 0.29) is 0 Å². The molecule has 0 saturated carbocycles. The van der Waals surface area contributed by atoms with Crippen LogP contribution in [0.25, 0.3) is 0 Å². The number of benzene rings is 3. The Kier molecular flexibility index (Phi) is 4.40. The highest BCUT2D eigenvalue weighted by Crippen LogP contribution is 2.26. The zero-order valence-electron chi connectivity index (χ0n) is 12.9. The normalized spacial score (nSPS) is 10.2. The predicted octanol–water partition coefficient (Wildman–Crippen LogP) is 4.32. The summed E-state index contributed by atoms with van der Waals surface area (Å²) in [6, 6.07) is 26.4. The van der Waals surface area contributed by atoms with Crippen LogP contribution in [-0.4, -0.2) is 0 Å². The molecular formula is C21H18N2. The van der Waals surface area contributed by atoms with Crippen LogP contribution >= 0.6 is 0 Å². The Hall–Kier alpha value is -3.05. The van der Waals surface area contributed by atoms with Crippen molar-refractivity contribution in [3.63, 3.8) is 0 Å². The molecule has 3 rings (SSSR count). The molecule has 2 nitrogen and oxygen atoms in total. The standard InChI is InChI=1S/C21H18N2/c22-15-18-11-12-21(23)20(14-17-9-5-2-6-10-17)19(18)13-16-7-3-1-4-8-16/h1-12H,13-14,23H2. The Bertz CT molecular complexity index is 831. The molecule has 3 aromatic rings. The summed E-state index contributed by atoms with van der Waals surface area (Å²) in [5, 5.41) is 9.49. The van der Waals surface area contributed by atoms with E-state index in [4.69, 9.17) is 5.73 Å². The van der Waals surface area contributed by atoms with Crippen LogP contribution in [0.5, 0.6) is 0 Å². The van der Waals surface area contributed by atoms with Crippen LogP contribution in [0.3, 0.4) is 0 Å². The van der Waals surface area contributed by atoms with Crippen LogP contribution in [0, 0.1) is 11.3 Å². The number of nitrogens with two attached hydrogens (primary N) is 1. The molecule has 2 N–H and O–H groups in total. The summed E-state index contributed by atoms with van der Waals surface area (Å²) >= 11 is 0. The minimum atomic E-state index is 0.703. The summed E-state index contributed by atoms with van der Waals surface area (Å²) < 4.78 is 0. The molecular weight excluding hydrogens is 280 g/mol. The Morgan fingerprint density at radius 2 is 1.22 bits per heavy atom. The molecule has 0 aromatic heterocycles.